The van der Waals surface area contributed by atoms with Gasteiger partial charge in [-0.2, -0.15) is 0 Å². The highest BCUT2D eigenvalue weighted by atomic mass is 19.1. The van der Waals surface area contributed by atoms with Crippen LogP contribution in [-0.2, 0) is 4.79 Å². The molecule has 0 amide bonds. The Morgan fingerprint density at radius 1 is 1.05 bits per heavy atom. The van der Waals surface area contributed by atoms with E-state index in [1.54, 1.807) is 18.3 Å². The first kappa shape index (κ1) is 27.5. The number of piperidine rings is 1. The van der Waals surface area contributed by atoms with Crippen LogP contribution < -0.4 is 4.90 Å². The number of benzene rings is 2. The molecule has 3 aromatic rings. The molecule has 0 radical (unpaired) electrons. The Balaban J connectivity index is 1.79. The molecule has 2 atom stereocenters. The molecule has 0 bridgehead atoms. The number of imidazole rings is 1. The van der Waals surface area contributed by atoms with Crippen LogP contribution in [0.15, 0.2) is 54.6 Å². The number of carboxylic acid groups (broad SMARTS) is 1. The zero-order valence-electron chi connectivity index (χ0n) is 21.9. The van der Waals surface area contributed by atoms with Crippen molar-refractivity contribution in [2.75, 3.05) is 18.0 Å². The van der Waals surface area contributed by atoms with Crippen LogP contribution in [-0.4, -0.2) is 56.1 Å². The highest BCUT2D eigenvalue weighted by molar-refractivity contribution is 5.82. The predicted molar refractivity (Wildman–Crippen MR) is 147 cm³/mol. The molecule has 0 aliphatic carbocycles. The monoisotopic (exact) mass is 521 g/mol. The van der Waals surface area contributed by atoms with Crippen molar-refractivity contribution in [1.82, 2.24) is 9.55 Å². The van der Waals surface area contributed by atoms with E-state index in [1.807, 2.05) is 30.5 Å². The number of aliphatic hydroxyl groups is 2. The molecule has 202 valence electrons. The first-order valence-corrected chi connectivity index (χ1v) is 13.2. The number of aliphatic hydroxyl groups excluding tert-OH is 2. The lowest BCUT2D eigenvalue weighted by molar-refractivity contribution is -0.139. The number of carbonyl (C=O) groups is 1. The normalized spacial score (nSPS) is 15.8. The van der Waals surface area contributed by atoms with E-state index in [0.29, 0.717) is 0 Å². The number of rotatable bonds is 10. The van der Waals surface area contributed by atoms with Crippen molar-refractivity contribution in [3.63, 3.8) is 0 Å². The van der Waals surface area contributed by atoms with Crippen LogP contribution >= 0.6 is 0 Å². The first-order valence-electron chi connectivity index (χ1n) is 13.2. The summed E-state index contributed by atoms with van der Waals surface area (Å²) < 4.78 is 15.7. The Morgan fingerprint density at radius 3 is 2.42 bits per heavy atom. The molecule has 0 spiro atoms. The van der Waals surface area contributed by atoms with E-state index >= 15 is 0 Å². The summed E-state index contributed by atoms with van der Waals surface area (Å²) in [6, 6.07) is 14.6. The summed E-state index contributed by atoms with van der Waals surface area (Å²) in [4.78, 5) is 18.3. The first-order chi connectivity index (χ1) is 18.2. The quantitative estimate of drug-likeness (QED) is 0.325. The lowest BCUT2D eigenvalue weighted by atomic mass is 10.0. The molecule has 0 saturated carbocycles. The molecule has 2 heterocycles. The van der Waals surface area contributed by atoms with Gasteiger partial charge >= 0.3 is 5.97 Å². The second-order valence-corrected chi connectivity index (χ2v) is 10.2. The van der Waals surface area contributed by atoms with E-state index in [1.165, 1.54) is 37.5 Å². The minimum absolute atomic E-state index is 0.0348. The standard InChI is InChI=1S/C30H36FN3O4/c1-20(2)30-32-28(22-7-6-8-24(17-22)33-14-4-3-5-15-33)29(21-9-11-23(31)12-10-21)34(30)16-13-25(35)18-26(36)19-27(37)38/h6-13,16-17,20,25-26,35-36H,3-5,14-15,18-19H2,1-2H3,(H,37,38)/b16-13+. The third-order valence-corrected chi connectivity index (χ3v) is 6.79. The SMILES string of the molecule is CC(C)c1nc(-c2cccc(N3CCCCC3)c2)c(-c2ccc(F)cc2)n1/C=C/C(O)CC(O)CC(=O)O. The molecule has 1 aliphatic heterocycles. The van der Waals surface area contributed by atoms with Gasteiger partial charge in [-0.3, -0.25) is 4.79 Å². The highest BCUT2D eigenvalue weighted by Crippen LogP contribution is 2.37. The van der Waals surface area contributed by atoms with E-state index in [9.17, 15) is 19.4 Å². The number of halogens is 1. The van der Waals surface area contributed by atoms with Crippen molar-refractivity contribution in [3.8, 4) is 22.5 Å². The van der Waals surface area contributed by atoms with Gasteiger partial charge in [0.1, 0.15) is 11.6 Å². The minimum Gasteiger partial charge on any atom is -0.481 e. The maximum absolute atomic E-state index is 13.8. The number of aromatic nitrogens is 2. The Morgan fingerprint density at radius 2 is 1.76 bits per heavy atom. The molecule has 1 aromatic heterocycles. The van der Waals surface area contributed by atoms with Crippen molar-refractivity contribution in [1.29, 1.82) is 0 Å². The van der Waals surface area contributed by atoms with Crippen molar-refractivity contribution < 1.29 is 24.5 Å². The van der Waals surface area contributed by atoms with Crippen LogP contribution in [0.3, 0.4) is 0 Å². The van der Waals surface area contributed by atoms with Gasteiger partial charge in [-0.15, -0.1) is 0 Å². The van der Waals surface area contributed by atoms with Crippen LogP contribution in [0.1, 0.15) is 57.7 Å². The van der Waals surface area contributed by atoms with Crippen LogP contribution in [0.2, 0.25) is 0 Å². The van der Waals surface area contributed by atoms with E-state index < -0.39 is 24.6 Å². The van der Waals surface area contributed by atoms with Gasteiger partial charge in [-0.25, -0.2) is 9.37 Å². The lowest BCUT2D eigenvalue weighted by Gasteiger charge is -2.29. The number of nitrogens with zero attached hydrogens (tertiary/aromatic N) is 3. The zero-order valence-corrected chi connectivity index (χ0v) is 21.9. The van der Waals surface area contributed by atoms with Crippen molar-refractivity contribution in [3.05, 3.63) is 66.2 Å². The number of aliphatic carboxylic acids is 1. The van der Waals surface area contributed by atoms with Gasteiger partial charge in [-0.1, -0.05) is 26.0 Å². The fourth-order valence-corrected chi connectivity index (χ4v) is 4.92. The Labute approximate surface area is 222 Å². The van der Waals surface area contributed by atoms with Crippen molar-refractivity contribution >= 4 is 17.9 Å². The van der Waals surface area contributed by atoms with E-state index in [-0.39, 0.29) is 18.2 Å². The molecule has 1 fully saturated rings. The summed E-state index contributed by atoms with van der Waals surface area (Å²) in [5.41, 5.74) is 4.38. The molecular formula is C30H36FN3O4. The summed E-state index contributed by atoms with van der Waals surface area (Å²) >= 11 is 0. The molecule has 8 heteroatoms. The fourth-order valence-electron chi connectivity index (χ4n) is 4.92. The Hall–Kier alpha value is -3.49. The number of hydrogen-bond donors (Lipinski definition) is 3. The van der Waals surface area contributed by atoms with Crippen LogP contribution in [0.4, 0.5) is 10.1 Å². The minimum atomic E-state index is -1.16. The van der Waals surface area contributed by atoms with Crippen molar-refractivity contribution in [2.24, 2.45) is 0 Å². The van der Waals surface area contributed by atoms with E-state index in [2.05, 4.69) is 17.0 Å². The second kappa shape index (κ2) is 12.4. The topological polar surface area (TPSA) is 98.8 Å². The molecule has 3 N–H and O–H groups in total. The molecular weight excluding hydrogens is 485 g/mol. The summed E-state index contributed by atoms with van der Waals surface area (Å²) in [7, 11) is 0. The number of anilines is 1. The van der Waals surface area contributed by atoms with Crippen LogP contribution in [0, 0.1) is 5.82 Å². The Bertz CT molecular complexity index is 1260. The fraction of sp³-hybridized carbons (Fsp3) is 0.400. The Kier molecular flexibility index (Phi) is 8.97. The third-order valence-electron chi connectivity index (χ3n) is 6.79. The van der Waals surface area contributed by atoms with Gasteiger partial charge in [0.2, 0.25) is 0 Å². The highest BCUT2D eigenvalue weighted by Gasteiger charge is 2.22. The summed E-state index contributed by atoms with van der Waals surface area (Å²) in [6.07, 6.45) is 4.06. The maximum atomic E-state index is 13.8. The third kappa shape index (κ3) is 6.68. The summed E-state index contributed by atoms with van der Waals surface area (Å²) in [5, 5.41) is 29.3. The maximum Gasteiger partial charge on any atom is 0.305 e. The van der Waals surface area contributed by atoms with Crippen molar-refractivity contribution in [2.45, 2.75) is 64.1 Å². The van der Waals surface area contributed by atoms with Crippen LogP contribution in [0.25, 0.3) is 28.7 Å². The average Bonchev–Trinajstić information content (AvgIpc) is 3.28. The average molecular weight is 522 g/mol. The van der Waals surface area contributed by atoms with Crippen LogP contribution in [0.5, 0.6) is 0 Å². The summed E-state index contributed by atoms with van der Waals surface area (Å²) in [5.74, 6) is -0.666. The van der Waals surface area contributed by atoms with E-state index in [4.69, 9.17) is 10.1 Å². The molecule has 38 heavy (non-hydrogen) atoms. The van der Waals surface area contributed by atoms with Gasteiger partial charge in [0, 0.05) is 48.4 Å². The zero-order chi connectivity index (χ0) is 27.2. The van der Waals surface area contributed by atoms with Gasteiger partial charge in [0.05, 0.1) is 30.0 Å². The molecule has 2 unspecified atom stereocenters. The van der Waals surface area contributed by atoms with Gasteiger partial charge in [-0.05, 0) is 61.7 Å². The molecule has 4 rings (SSSR count). The van der Waals surface area contributed by atoms with Gasteiger partial charge < -0.3 is 24.8 Å². The second-order valence-electron chi connectivity index (χ2n) is 10.2. The largest absolute Gasteiger partial charge is 0.481 e. The molecule has 7 nitrogen and oxygen atoms in total. The predicted octanol–water partition coefficient (Wildman–Crippen LogP) is 5.53. The van der Waals surface area contributed by atoms with Gasteiger partial charge in [0.15, 0.2) is 0 Å². The summed E-state index contributed by atoms with van der Waals surface area (Å²) in [6.45, 7) is 6.10. The molecule has 1 aliphatic rings. The van der Waals surface area contributed by atoms with Gasteiger partial charge in [0.25, 0.3) is 0 Å². The van der Waals surface area contributed by atoms with E-state index in [0.717, 1.165) is 47.1 Å². The molecule has 2 aromatic carbocycles. The lowest BCUT2D eigenvalue weighted by Crippen LogP contribution is -2.29. The molecule has 1 saturated heterocycles. The number of carboxylic acids is 1. The number of hydrogen-bond acceptors (Lipinski definition) is 5. The smallest absolute Gasteiger partial charge is 0.305 e.